The molecule has 0 aromatic heterocycles. The Morgan fingerprint density at radius 3 is 2.12 bits per heavy atom. The zero-order chi connectivity index (χ0) is 12.6. The minimum absolute atomic E-state index is 0.761. The predicted octanol–water partition coefficient (Wildman–Crippen LogP) is 4.24. The van der Waals surface area contributed by atoms with Gasteiger partial charge in [-0.05, 0) is 25.8 Å². The average Bonchev–Trinajstić information content (AvgIpc) is 2.80. The summed E-state index contributed by atoms with van der Waals surface area (Å²) in [5, 5.41) is 0. The Morgan fingerprint density at radius 2 is 1.65 bits per heavy atom. The van der Waals surface area contributed by atoms with Crippen molar-refractivity contribution in [3.05, 3.63) is 6.04 Å². The van der Waals surface area contributed by atoms with Crippen LogP contribution < -0.4 is 0 Å². The summed E-state index contributed by atoms with van der Waals surface area (Å²) in [6.07, 6.45) is 7.93. The molecule has 0 spiro atoms. The van der Waals surface area contributed by atoms with Crippen LogP contribution in [0.2, 0.25) is 6.04 Å². The van der Waals surface area contributed by atoms with Crippen LogP contribution >= 0.6 is 0 Å². The van der Waals surface area contributed by atoms with E-state index in [-0.39, 0.29) is 0 Å². The average molecular weight is 257 g/mol. The van der Waals surface area contributed by atoms with Gasteiger partial charge >= 0.3 is 8.56 Å². The van der Waals surface area contributed by atoms with Crippen molar-refractivity contribution in [1.82, 2.24) is 0 Å². The fraction of sp³-hybridized carbons (Fsp3) is 0.929. The summed E-state index contributed by atoms with van der Waals surface area (Å²) < 4.78 is 12.2. The van der Waals surface area contributed by atoms with E-state index in [0.29, 0.717) is 0 Å². The third-order valence-corrected chi connectivity index (χ3v) is 7.13. The van der Waals surface area contributed by atoms with Crippen molar-refractivity contribution in [3.63, 3.8) is 0 Å². The summed E-state index contributed by atoms with van der Waals surface area (Å²) in [5.41, 5.74) is 0. The van der Waals surface area contributed by atoms with Gasteiger partial charge in [-0.15, -0.1) is 0 Å². The second-order valence-corrected chi connectivity index (χ2v) is 8.03. The summed E-state index contributed by atoms with van der Waals surface area (Å²) in [6, 6.07) is 3.64. The molecular weight excluding hydrogens is 228 g/mol. The lowest BCUT2D eigenvalue weighted by molar-refractivity contribution is 0.185. The number of hydrogen-bond donors (Lipinski definition) is 0. The minimum Gasteiger partial charge on any atom is -0.394 e. The molecule has 1 aliphatic carbocycles. The molecule has 1 aliphatic rings. The van der Waals surface area contributed by atoms with Crippen LogP contribution in [0.5, 0.6) is 0 Å². The molecule has 1 rings (SSSR count). The first-order valence-corrected chi connectivity index (χ1v) is 9.50. The Bertz CT molecular complexity index is 185. The Kier molecular flexibility index (Phi) is 7.40. The fourth-order valence-electron chi connectivity index (χ4n) is 2.76. The van der Waals surface area contributed by atoms with Gasteiger partial charge in [-0.3, -0.25) is 0 Å². The third-order valence-electron chi connectivity index (χ3n) is 3.55. The number of rotatable bonds is 9. The molecule has 0 heterocycles. The van der Waals surface area contributed by atoms with Crippen LogP contribution in [0, 0.1) is 12.0 Å². The quantitative estimate of drug-likeness (QED) is 0.575. The SMILES string of the molecule is CCCC[Si]([CH]C1CCCC1)(OCC)OCC. The van der Waals surface area contributed by atoms with Crippen molar-refractivity contribution < 1.29 is 8.85 Å². The smallest absolute Gasteiger partial charge is 0.341 e. The van der Waals surface area contributed by atoms with E-state index in [1.54, 1.807) is 0 Å². The van der Waals surface area contributed by atoms with E-state index >= 15 is 0 Å². The van der Waals surface area contributed by atoms with Gasteiger partial charge in [0.1, 0.15) is 0 Å². The second kappa shape index (κ2) is 8.28. The monoisotopic (exact) mass is 257 g/mol. The molecule has 3 heteroatoms. The molecule has 1 radical (unpaired) electrons. The molecule has 0 bridgehead atoms. The fourth-order valence-corrected chi connectivity index (χ4v) is 6.37. The summed E-state index contributed by atoms with van der Waals surface area (Å²) in [4.78, 5) is 0. The molecule has 1 saturated carbocycles. The van der Waals surface area contributed by atoms with Gasteiger partial charge in [0.2, 0.25) is 0 Å². The van der Waals surface area contributed by atoms with Crippen LogP contribution in [0.1, 0.15) is 59.3 Å². The molecular formula is C14H29O2Si. The summed E-state index contributed by atoms with van der Waals surface area (Å²) in [5.74, 6) is 0.761. The van der Waals surface area contributed by atoms with E-state index in [4.69, 9.17) is 8.85 Å². The number of unbranched alkanes of at least 4 members (excludes halogenated alkanes) is 1. The molecule has 0 unspecified atom stereocenters. The van der Waals surface area contributed by atoms with E-state index in [1.165, 1.54) is 38.5 Å². The molecule has 101 valence electrons. The van der Waals surface area contributed by atoms with Crippen molar-refractivity contribution in [2.75, 3.05) is 13.2 Å². The molecule has 0 aromatic rings. The maximum absolute atomic E-state index is 6.10. The Morgan fingerprint density at radius 1 is 1.06 bits per heavy atom. The molecule has 0 amide bonds. The largest absolute Gasteiger partial charge is 0.394 e. The highest BCUT2D eigenvalue weighted by Gasteiger charge is 2.39. The first-order valence-electron chi connectivity index (χ1n) is 7.40. The van der Waals surface area contributed by atoms with Gasteiger partial charge in [0.25, 0.3) is 0 Å². The molecule has 0 atom stereocenters. The van der Waals surface area contributed by atoms with E-state index in [0.717, 1.165) is 25.2 Å². The Labute approximate surface area is 108 Å². The lowest BCUT2D eigenvalue weighted by Crippen LogP contribution is -2.45. The highest BCUT2D eigenvalue weighted by Crippen LogP contribution is 2.33. The first-order chi connectivity index (χ1) is 8.26. The topological polar surface area (TPSA) is 18.5 Å². The minimum atomic E-state index is -2.01. The maximum atomic E-state index is 6.10. The predicted molar refractivity (Wildman–Crippen MR) is 75.0 cm³/mol. The van der Waals surface area contributed by atoms with Crippen LogP contribution in [-0.2, 0) is 8.85 Å². The highest BCUT2D eigenvalue weighted by molar-refractivity contribution is 6.71. The van der Waals surface area contributed by atoms with Gasteiger partial charge in [0, 0.05) is 19.3 Å². The van der Waals surface area contributed by atoms with Crippen LogP contribution in [0.25, 0.3) is 0 Å². The summed E-state index contributed by atoms with van der Waals surface area (Å²) >= 11 is 0. The third kappa shape index (κ3) is 5.10. The Balaban J connectivity index is 2.57. The van der Waals surface area contributed by atoms with Gasteiger partial charge in [0.05, 0.1) is 0 Å². The van der Waals surface area contributed by atoms with Crippen LogP contribution in [0.15, 0.2) is 0 Å². The summed E-state index contributed by atoms with van der Waals surface area (Å²) in [7, 11) is -2.01. The number of hydrogen-bond acceptors (Lipinski definition) is 2. The van der Waals surface area contributed by atoms with Gasteiger partial charge in [-0.1, -0.05) is 45.4 Å². The lowest BCUT2D eigenvalue weighted by Gasteiger charge is -2.32. The zero-order valence-corrected chi connectivity index (χ0v) is 12.8. The van der Waals surface area contributed by atoms with Crippen molar-refractivity contribution in [3.8, 4) is 0 Å². The lowest BCUT2D eigenvalue weighted by atomic mass is 10.1. The van der Waals surface area contributed by atoms with E-state index in [2.05, 4.69) is 26.8 Å². The highest BCUT2D eigenvalue weighted by atomic mass is 28.4. The normalized spacial score (nSPS) is 17.8. The van der Waals surface area contributed by atoms with Crippen molar-refractivity contribution in [1.29, 1.82) is 0 Å². The van der Waals surface area contributed by atoms with Gasteiger partial charge in [-0.2, -0.15) is 0 Å². The van der Waals surface area contributed by atoms with Crippen molar-refractivity contribution in [2.24, 2.45) is 5.92 Å². The van der Waals surface area contributed by atoms with E-state index in [9.17, 15) is 0 Å². The molecule has 1 fully saturated rings. The van der Waals surface area contributed by atoms with E-state index < -0.39 is 8.56 Å². The zero-order valence-electron chi connectivity index (χ0n) is 11.8. The first kappa shape index (κ1) is 15.2. The molecule has 0 aromatic carbocycles. The van der Waals surface area contributed by atoms with Crippen LogP contribution in [-0.4, -0.2) is 21.8 Å². The maximum Gasteiger partial charge on any atom is 0.341 e. The van der Waals surface area contributed by atoms with Crippen molar-refractivity contribution in [2.45, 2.75) is 65.3 Å². The summed E-state index contributed by atoms with van der Waals surface area (Å²) in [6.45, 7) is 8.01. The standard InChI is InChI=1S/C14H29O2Si/c1-4-7-12-17(15-5-2,16-6-3)13-14-10-8-9-11-14/h13-14H,4-12H2,1-3H3. The molecule has 2 nitrogen and oxygen atoms in total. The van der Waals surface area contributed by atoms with Crippen LogP contribution in [0.3, 0.4) is 0 Å². The second-order valence-electron chi connectivity index (χ2n) is 4.99. The molecule has 17 heavy (non-hydrogen) atoms. The molecule has 0 saturated heterocycles. The molecule has 0 aliphatic heterocycles. The van der Waals surface area contributed by atoms with Gasteiger partial charge in [0.15, 0.2) is 0 Å². The molecule has 0 N–H and O–H groups in total. The Hall–Kier alpha value is 0.137. The van der Waals surface area contributed by atoms with E-state index in [1.807, 2.05) is 0 Å². The van der Waals surface area contributed by atoms with Crippen molar-refractivity contribution >= 4 is 8.56 Å². The van der Waals surface area contributed by atoms with Crippen LogP contribution in [0.4, 0.5) is 0 Å². The van der Waals surface area contributed by atoms with Gasteiger partial charge in [-0.25, -0.2) is 0 Å². The van der Waals surface area contributed by atoms with Gasteiger partial charge < -0.3 is 8.85 Å².